The number of alkyl halides is 3. The largest absolute Gasteiger partial charge is 0.389 e. The summed E-state index contributed by atoms with van der Waals surface area (Å²) in [5.74, 6) is -3.58. The van der Waals surface area contributed by atoms with Gasteiger partial charge in [-0.25, -0.2) is 18.4 Å². The highest BCUT2D eigenvalue weighted by Gasteiger charge is 2.46. The number of hydrogen-bond donors (Lipinski definition) is 1. The van der Waals surface area contributed by atoms with Crippen LogP contribution in [0.15, 0.2) is 17.4 Å². The van der Waals surface area contributed by atoms with Crippen molar-refractivity contribution < 1.29 is 26.4 Å². The Bertz CT molecular complexity index is 702. The van der Waals surface area contributed by atoms with Gasteiger partial charge in [0.2, 0.25) is 20.9 Å². The predicted octanol–water partition coefficient (Wildman–Crippen LogP) is 1.43. The van der Waals surface area contributed by atoms with Gasteiger partial charge in [0.05, 0.1) is 12.3 Å². The fourth-order valence-electron chi connectivity index (χ4n) is 2.60. The van der Waals surface area contributed by atoms with Gasteiger partial charge in [-0.2, -0.15) is 13.2 Å². The zero-order chi connectivity index (χ0) is 17.4. The summed E-state index contributed by atoms with van der Waals surface area (Å²) in [5.41, 5.74) is 5.28. The van der Waals surface area contributed by atoms with Crippen molar-refractivity contribution in [1.82, 2.24) is 9.97 Å². The number of nitrogens with two attached hydrogens (primary N) is 1. The number of rotatable bonds is 6. The number of primary amides is 1. The number of nitrogens with zero attached hydrogens (tertiary/aromatic N) is 2. The summed E-state index contributed by atoms with van der Waals surface area (Å²) in [5, 5.41) is -0.476. The molecule has 1 saturated carbocycles. The molecule has 0 saturated heterocycles. The van der Waals surface area contributed by atoms with Gasteiger partial charge in [-0.3, -0.25) is 4.79 Å². The standard InChI is InChI=1S/C13H16F3N3O3S/c1-23(21,22)12-18-5-4-9(19-12)10(7-2-3-7)8(11(17)20)6-13(14,15)16/h4-5,7-8,10H,2-3,6H2,1H3,(H2,17,20). The van der Waals surface area contributed by atoms with E-state index in [1.54, 1.807) is 0 Å². The first kappa shape index (κ1) is 17.6. The van der Waals surface area contributed by atoms with E-state index in [-0.39, 0.29) is 11.6 Å². The molecular formula is C13H16F3N3O3S. The Labute approximate surface area is 131 Å². The van der Waals surface area contributed by atoms with Crippen LogP contribution in [0.5, 0.6) is 0 Å². The summed E-state index contributed by atoms with van der Waals surface area (Å²) >= 11 is 0. The molecule has 10 heteroatoms. The van der Waals surface area contributed by atoms with Gasteiger partial charge in [0.15, 0.2) is 0 Å². The number of aromatic nitrogens is 2. The third-order valence-electron chi connectivity index (χ3n) is 3.71. The minimum Gasteiger partial charge on any atom is -0.369 e. The molecule has 128 valence electrons. The van der Waals surface area contributed by atoms with Crippen LogP contribution in [0.1, 0.15) is 30.9 Å². The van der Waals surface area contributed by atoms with Crippen LogP contribution in [0.25, 0.3) is 0 Å². The maximum atomic E-state index is 12.8. The molecule has 1 fully saturated rings. The molecule has 0 aromatic carbocycles. The molecule has 2 unspecified atom stereocenters. The van der Waals surface area contributed by atoms with Crippen LogP contribution in [0.2, 0.25) is 0 Å². The second-order valence-corrected chi connectivity index (χ2v) is 7.64. The molecule has 1 aromatic rings. The summed E-state index contributed by atoms with van der Waals surface area (Å²) in [6.45, 7) is 0. The van der Waals surface area contributed by atoms with Gasteiger partial charge in [-0.1, -0.05) is 0 Å². The van der Waals surface area contributed by atoms with Crippen molar-refractivity contribution in [1.29, 1.82) is 0 Å². The van der Waals surface area contributed by atoms with Gasteiger partial charge in [0.1, 0.15) is 0 Å². The SMILES string of the molecule is CS(=O)(=O)c1nccc(C(C2CC2)C(CC(F)(F)F)C(N)=O)n1. The Morgan fingerprint density at radius 3 is 2.48 bits per heavy atom. The van der Waals surface area contributed by atoms with Crippen molar-refractivity contribution in [2.75, 3.05) is 6.26 Å². The van der Waals surface area contributed by atoms with E-state index in [9.17, 15) is 26.4 Å². The van der Waals surface area contributed by atoms with Crippen molar-refractivity contribution in [3.05, 3.63) is 18.0 Å². The van der Waals surface area contributed by atoms with Gasteiger partial charge in [0.25, 0.3) is 0 Å². The first-order valence-electron chi connectivity index (χ1n) is 6.88. The maximum Gasteiger partial charge on any atom is 0.389 e. The number of carbonyl (C=O) groups is 1. The van der Waals surface area contributed by atoms with Crippen LogP contribution in [-0.4, -0.2) is 36.7 Å². The molecule has 0 bridgehead atoms. The van der Waals surface area contributed by atoms with Gasteiger partial charge in [0, 0.05) is 24.1 Å². The minimum atomic E-state index is -4.56. The Morgan fingerprint density at radius 2 is 2.04 bits per heavy atom. The van der Waals surface area contributed by atoms with E-state index in [0.717, 1.165) is 6.26 Å². The van der Waals surface area contributed by atoms with Crippen LogP contribution >= 0.6 is 0 Å². The van der Waals surface area contributed by atoms with E-state index in [0.29, 0.717) is 12.8 Å². The fraction of sp³-hybridized carbons (Fsp3) is 0.615. The van der Waals surface area contributed by atoms with Crippen LogP contribution in [0.3, 0.4) is 0 Å². The van der Waals surface area contributed by atoms with Gasteiger partial charge >= 0.3 is 6.18 Å². The zero-order valence-electron chi connectivity index (χ0n) is 12.2. The van der Waals surface area contributed by atoms with E-state index in [2.05, 4.69) is 9.97 Å². The number of halogens is 3. The van der Waals surface area contributed by atoms with Gasteiger partial charge < -0.3 is 5.73 Å². The summed E-state index contributed by atoms with van der Waals surface area (Å²) in [6.07, 6.45) is -2.56. The van der Waals surface area contributed by atoms with Gasteiger partial charge in [-0.15, -0.1) is 0 Å². The summed E-state index contributed by atoms with van der Waals surface area (Å²) < 4.78 is 61.3. The Balaban J connectivity index is 2.43. The highest BCUT2D eigenvalue weighted by molar-refractivity contribution is 7.90. The molecule has 2 N–H and O–H groups in total. The summed E-state index contributed by atoms with van der Waals surface area (Å²) in [6, 6.07) is 1.34. The lowest BCUT2D eigenvalue weighted by Gasteiger charge is -2.25. The average molecular weight is 351 g/mol. The number of amides is 1. The van der Waals surface area contributed by atoms with Crippen molar-refractivity contribution in [2.45, 2.75) is 36.5 Å². The summed E-state index contributed by atoms with van der Waals surface area (Å²) in [4.78, 5) is 19.0. The lowest BCUT2D eigenvalue weighted by atomic mass is 9.82. The number of carbonyl (C=O) groups excluding carboxylic acids is 1. The normalized spacial score (nSPS) is 18.4. The second kappa shape index (κ2) is 6.06. The summed E-state index contributed by atoms with van der Waals surface area (Å²) in [7, 11) is -3.71. The average Bonchev–Trinajstić information content (AvgIpc) is 3.20. The van der Waals surface area contributed by atoms with Gasteiger partial charge in [-0.05, 0) is 24.8 Å². The first-order valence-corrected chi connectivity index (χ1v) is 8.77. The van der Waals surface area contributed by atoms with Crippen molar-refractivity contribution >= 4 is 15.7 Å². The maximum absolute atomic E-state index is 12.8. The van der Waals surface area contributed by atoms with E-state index >= 15 is 0 Å². The Morgan fingerprint density at radius 1 is 1.43 bits per heavy atom. The molecule has 1 amide bonds. The molecule has 6 nitrogen and oxygen atoms in total. The molecule has 0 aliphatic heterocycles. The smallest absolute Gasteiger partial charge is 0.369 e. The molecule has 23 heavy (non-hydrogen) atoms. The van der Waals surface area contributed by atoms with Crippen molar-refractivity contribution in [2.24, 2.45) is 17.6 Å². The topological polar surface area (TPSA) is 103 Å². The monoisotopic (exact) mass is 351 g/mol. The molecule has 1 aromatic heterocycles. The van der Waals surface area contributed by atoms with E-state index in [4.69, 9.17) is 5.73 Å². The van der Waals surface area contributed by atoms with E-state index in [1.165, 1.54) is 12.3 Å². The highest BCUT2D eigenvalue weighted by atomic mass is 32.2. The molecule has 1 heterocycles. The lowest BCUT2D eigenvalue weighted by Crippen LogP contribution is -2.34. The van der Waals surface area contributed by atoms with Crippen LogP contribution in [0, 0.1) is 11.8 Å². The third-order valence-corrected chi connectivity index (χ3v) is 4.57. The van der Waals surface area contributed by atoms with E-state index < -0.39 is 45.3 Å². The minimum absolute atomic E-state index is 0.107. The Hall–Kier alpha value is -1.71. The molecule has 2 atom stereocenters. The van der Waals surface area contributed by atoms with E-state index in [1.807, 2.05) is 0 Å². The second-order valence-electron chi connectivity index (χ2n) is 5.73. The third kappa shape index (κ3) is 4.63. The van der Waals surface area contributed by atoms with Crippen LogP contribution < -0.4 is 5.73 Å². The molecule has 2 rings (SSSR count). The lowest BCUT2D eigenvalue weighted by molar-refractivity contribution is -0.155. The molecule has 1 aliphatic carbocycles. The van der Waals surface area contributed by atoms with Crippen LogP contribution in [-0.2, 0) is 14.6 Å². The molecular weight excluding hydrogens is 335 g/mol. The molecule has 0 spiro atoms. The fourth-order valence-corrected chi connectivity index (χ4v) is 3.13. The molecule has 0 radical (unpaired) electrons. The van der Waals surface area contributed by atoms with Crippen LogP contribution in [0.4, 0.5) is 13.2 Å². The first-order chi connectivity index (χ1) is 10.5. The number of hydrogen-bond acceptors (Lipinski definition) is 5. The Kier molecular flexibility index (Phi) is 4.65. The van der Waals surface area contributed by atoms with Crippen molar-refractivity contribution in [3.8, 4) is 0 Å². The predicted molar refractivity (Wildman–Crippen MR) is 74.0 cm³/mol. The quantitative estimate of drug-likeness (QED) is 0.781. The number of sulfone groups is 1. The molecule has 1 aliphatic rings. The van der Waals surface area contributed by atoms with Crippen molar-refractivity contribution in [3.63, 3.8) is 0 Å². The highest BCUT2D eigenvalue weighted by Crippen LogP contribution is 2.48. The zero-order valence-corrected chi connectivity index (χ0v) is 13.1.